The van der Waals surface area contributed by atoms with Crippen LogP contribution in [0.4, 0.5) is 0 Å². The Morgan fingerprint density at radius 2 is 1.22 bits per heavy atom. The van der Waals surface area contributed by atoms with Crippen molar-refractivity contribution in [2.45, 2.75) is 51.4 Å². The van der Waals surface area contributed by atoms with Crippen molar-refractivity contribution in [3.8, 4) is 12.1 Å². The number of hydrogen-bond donors (Lipinski definition) is 0. The van der Waals surface area contributed by atoms with Crippen LogP contribution in [-0.4, -0.2) is 0 Å². The van der Waals surface area contributed by atoms with Gasteiger partial charge in [0.1, 0.15) is 17.7 Å². The summed E-state index contributed by atoms with van der Waals surface area (Å²) < 4.78 is 0. The molecule has 0 aromatic carbocycles. The molecular weight excluding hydrogens is 220 g/mol. The van der Waals surface area contributed by atoms with Crippen molar-refractivity contribution in [2.75, 3.05) is 0 Å². The highest BCUT2D eigenvalue weighted by atomic mass is 14.5. The van der Waals surface area contributed by atoms with E-state index in [0.29, 0.717) is 17.4 Å². The zero-order valence-electron chi connectivity index (χ0n) is 10.9. The second kappa shape index (κ2) is 4.77. The molecule has 0 N–H and O–H groups in total. The van der Waals surface area contributed by atoms with Crippen molar-refractivity contribution < 1.29 is 0 Å². The number of allylic oxidation sites excluding steroid dienone is 2. The van der Waals surface area contributed by atoms with Gasteiger partial charge in [0, 0.05) is 0 Å². The van der Waals surface area contributed by atoms with E-state index in [2.05, 4.69) is 12.1 Å². The van der Waals surface area contributed by atoms with Gasteiger partial charge in [-0.3, -0.25) is 0 Å². The van der Waals surface area contributed by atoms with Gasteiger partial charge in [-0.2, -0.15) is 10.5 Å². The van der Waals surface area contributed by atoms with E-state index in [1.54, 1.807) is 0 Å². The van der Waals surface area contributed by atoms with Crippen LogP contribution in [0.2, 0.25) is 0 Å². The van der Waals surface area contributed by atoms with Crippen molar-refractivity contribution in [2.24, 2.45) is 23.7 Å². The molecule has 2 heteroatoms. The number of nitriles is 2. The molecule has 0 aliphatic heterocycles. The van der Waals surface area contributed by atoms with Crippen LogP contribution in [0.25, 0.3) is 0 Å². The normalized spacial score (nSPS) is 38.2. The molecule has 4 unspecified atom stereocenters. The lowest BCUT2D eigenvalue weighted by Gasteiger charge is -2.31. The molecule has 4 atom stereocenters. The third-order valence-corrected chi connectivity index (χ3v) is 5.50. The molecule has 0 aromatic rings. The van der Waals surface area contributed by atoms with Crippen LogP contribution >= 0.6 is 0 Å². The Kier molecular flexibility index (Phi) is 3.13. The highest BCUT2D eigenvalue weighted by molar-refractivity contribution is 5.44. The monoisotopic (exact) mass is 240 g/mol. The summed E-state index contributed by atoms with van der Waals surface area (Å²) in [5.74, 6) is 2.72. The van der Waals surface area contributed by atoms with Gasteiger partial charge in [0.25, 0.3) is 0 Å². The lowest BCUT2D eigenvalue weighted by molar-refractivity contribution is 0.184. The van der Waals surface area contributed by atoms with Crippen LogP contribution in [0.15, 0.2) is 11.1 Å². The van der Waals surface area contributed by atoms with Crippen molar-refractivity contribution in [1.82, 2.24) is 0 Å². The zero-order chi connectivity index (χ0) is 12.5. The van der Waals surface area contributed by atoms with Gasteiger partial charge >= 0.3 is 0 Å². The van der Waals surface area contributed by atoms with E-state index in [-0.39, 0.29) is 0 Å². The molecule has 18 heavy (non-hydrogen) atoms. The van der Waals surface area contributed by atoms with E-state index in [4.69, 9.17) is 0 Å². The van der Waals surface area contributed by atoms with Crippen molar-refractivity contribution in [3.63, 3.8) is 0 Å². The molecule has 2 nitrogen and oxygen atoms in total. The van der Waals surface area contributed by atoms with E-state index in [9.17, 15) is 10.5 Å². The summed E-state index contributed by atoms with van der Waals surface area (Å²) >= 11 is 0. The largest absolute Gasteiger partial charge is 0.192 e. The molecule has 0 spiro atoms. The average molecular weight is 240 g/mol. The van der Waals surface area contributed by atoms with Crippen molar-refractivity contribution >= 4 is 0 Å². The first-order chi connectivity index (χ1) is 8.86. The number of nitrogens with zero attached hydrogens (tertiary/aromatic N) is 2. The third kappa shape index (κ3) is 1.67. The van der Waals surface area contributed by atoms with Crippen molar-refractivity contribution in [1.29, 1.82) is 10.5 Å². The van der Waals surface area contributed by atoms with E-state index in [1.165, 1.54) is 56.9 Å². The molecule has 0 amide bonds. The van der Waals surface area contributed by atoms with Crippen LogP contribution in [0.3, 0.4) is 0 Å². The Morgan fingerprint density at radius 1 is 0.778 bits per heavy atom. The lowest BCUT2D eigenvalue weighted by atomic mass is 9.73. The average Bonchev–Trinajstić information content (AvgIpc) is 2.76. The highest BCUT2D eigenvalue weighted by Gasteiger charge is 2.48. The summed E-state index contributed by atoms with van der Waals surface area (Å²) in [6.45, 7) is 0. The summed E-state index contributed by atoms with van der Waals surface area (Å²) in [6, 6.07) is 4.36. The highest BCUT2D eigenvalue weighted by Crippen LogP contribution is 2.57. The summed E-state index contributed by atoms with van der Waals surface area (Å²) in [6.07, 6.45) is 10.4. The maximum Gasteiger partial charge on any atom is 0.129 e. The van der Waals surface area contributed by atoms with Gasteiger partial charge in [-0.1, -0.05) is 25.7 Å². The van der Waals surface area contributed by atoms with E-state index < -0.39 is 0 Å². The van der Waals surface area contributed by atoms with Gasteiger partial charge in [-0.05, 0) is 54.9 Å². The lowest BCUT2D eigenvalue weighted by Crippen LogP contribution is -2.22. The SMILES string of the molecule is N#CC(C#N)=C1C2CCCCC2C2CCCCC12. The Morgan fingerprint density at radius 3 is 1.67 bits per heavy atom. The predicted molar refractivity (Wildman–Crippen MR) is 69.1 cm³/mol. The first-order valence-corrected chi connectivity index (χ1v) is 7.41. The predicted octanol–water partition coefficient (Wildman–Crippen LogP) is 3.96. The molecule has 0 aromatic heterocycles. The van der Waals surface area contributed by atoms with Crippen LogP contribution in [-0.2, 0) is 0 Å². The standard InChI is InChI=1S/C16H20N2/c17-9-11(10-18)16-14-7-3-1-5-12(14)13-6-2-4-8-15(13)16/h12-15H,1-8H2. The van der Waals surface area contributed by atoms with Crippen LogP contribution in [0.5, 0.6) is 0 Å². The number of hydrogen-bond acceptors (Lipinski definition) is 2. The van der Waals surface area contributed by atoms with E-state index in [0.717, 1.165) is 11.8 Å². The molecule has 94 valence electrons. The van der Waals surface area contributed by atoms with Gasteiger partial charge in [-0.15, -0.1) is 0 Å². The molecule has 0 saturated heterocycles. The molecule has 3 rings (SSSR count). The smallest absolute Gasteiger partial charge is 0.129 e. The second-order valence-electron chi connectivity index (χ2n) is 6.16. The maximum atomic E-state index is 9.24. The van der Waals surface area contributed by atoms with E-state index >= 15 is 0 Å². The minimum absolute atomic E-state index is 0.460. The quantitative estimate of drug-likeness (QED) is 0.602. The molecule has 0 bridgehead atoms. The van der Waals surface area contributed by atoms with E-state index in [1.807, 2.05) is 0 Å². The summed E-state index contributed by atoms with van der Waals surface area (Å²) in [4.78, 5) is 0. The molecular formula is C16H20N2. The first kappa shape index (κ1) is 11.8. The fourth-order valence-corrected chi connectivity index (χ4v) is 4.92. The molecule has 3 saturated carbocycles. The topological polar surface area (TPSA) is 47.6 Å². The molecule has 0 heterocycles. The van der Waals surface area contributed by atoms with Gasteiger partial charge < -0.3 is 0 Å². The van der Waals surface area contributed by atoms with Gasteiger partial charge in [-0.25, -0.2) is 0 Å². The summed E-state index contributed by atoms with van der Waals surface area (Å²) in [5.41, 5.74) is 1.73. The zero-order valence-corrected chi connectivity index (χ0v) is 10.9. The first-order valence-electron chi connectivity index (χ1n) is 7.41. The summed E-state index contributed by atoms with van der Waals surface area (Å²) in [7, 11) is 0. The Balaban J connectivity index is 2.04. The molecule has 3 fully saturated rings. The number of rotatable bonds is 0. The fraction of sp³-hybridized carbons (Fsp3) is 0.750. The van der Waals surface area contributed by atoms with Gasteiger partial charge in [0.2, 0.25) is 0 Å². The maximum absolute atomic E-state index is 9.24. The summed E-state index contributed by atoms with van der Waals surface area (Å²) in [5, 5.41) is 18.5. The Labute approximate surface area is 109 Å². The van der Waals surface area contributed by atoms with Crippen LogP contribution in [0, 0.1) is 46.3 Å². The second-order valence-corrected chi connectivity index (χ2v) is 6.16. The third-order valence-electron chi connectivity index (χ3n) is 5.50. The minimum atomic E-state index is 0.460. The fourth-order valence-electron chi connectivity index (χ4n) is 4.92. The molecule has 0 radical (unpaired) electrons. The minimum Gasteiger partial charge on any atom is -0.192 e. The van der Waals surface area contributed by atoms with Crippen molar-refractivity contribution in [3.05, 3.63) is 11.1 Å². The molecule has 3 aliphatic carbocycles. The van der Waals surface area contributed by atoms with Crippen LogP contribution in [0.1, 0.15) is 51.4 Å². The Hall–Kier alpha value is -1.28. The van der Waals surface area contributed by atoms with Crippen LogP contribution < -0.4 is 0 Å². The van der Waals surface area contributed by atoms with Gasteiger partial charge in [0.05, 0.1) is 0 Å². The number of fused-ring (bicyclic) bond motifs is 3. The Bertz CT molecular complexity index is 409. The molecule has 3 aliphatic rings. The van der Waals surface area contributed by atoms with Gasteiger partial charge in [0.15, 0.2) is 0 Å².